The Morgan fingerprint density at radius 3 is 2.80 bits per heavy atom. The van der Waals surface area contributed by atoms with Gasteiger partial charge in [0.15, 0.2) is 0 Å². The van der Waals surface area contributed by atoms with Gasteiger partial charge in [-0.2, -0.15) is 5.10 Å². The van der Waals surface area contributed by atoms with Crippen LogP contribution in [0.25, 0.3) is 0 Å². The maximum Gasteiger partial charge on any atom is 0.148 e. The first-order valence-electron chi connectivity index (χ1n) is 4.81. The lowest BCUT2D eigenvalue weighted by atomic mass is 10.4. The zero-order chi connectivity index (χ0) is 10.8. The summed E-state index contributed by atoms with van der Waals surface area (Å²) >= 11 is 1.73. The first-order valence-corrected chi connectivity index (χ1v) is 5.63. The molecule has 4 nitrogen and oxygen atoms in total. The quantitative estimate of drug-likeness (QED) is 0.865. The van der Waals surface area contributed by atoms with Crippen LogP contribution in [0.4, 0.5) is 5.82 Å². The van der Waals surface area contributed by atoms with Crippen molar-refractivity contribution in [3.05, 3.63) is 27.8 Å². The maximum absolute atomic E-state index is 4.38. The average Bonchev–Trinajstić information content (AvgIpc) is 2.70. The third-order valence-corrected chi connectivity index (χ3v) is 3.22. The summed E-state index contributed by atoms with van der Waals surface area (Å²) in [5.74, 6) is 0.906. The number of nitrogens with zero attached hydrogens (tertiary/aromatic N) is 3. The number of hydrogen-bond donors (Lipinski definition) is 1. The van der Waals surface area contributed by atoms with E-state index in [4.69, 9.17) is 0 Å². The van der Waals surface area contributed by atoms with Crippen LogP contribution in [0.1, 0.15) is 15.6 Å². The number of hydrogen-bond acceptors (Lipinski definition) is 4. The van der Waals surface area contributed by atoms with E-state index in [-0.39, 0.29) is 0 Å². The van der Waals surface area contributed by atoms with Crippen LogP contribution in [0.15, 0.2) is 12.3 Å². The lowest BCUT2D eigenvalue weighted by Gasteiger charge is -2.00. The number of nitrogens with one attached hydrogen (secondary N) is 1. The number of rotatable bonds is 3. The van der Waals surface area contributed by atoms with Crippen LogP contribution in [-0.2, 0) is 13.6 Å². The van der Waals surface area contributed by atoms with Crippen molar-refractivity contribution in [1.29, 1.82) is 0 Å². The van der Waals surface area contributed by atoms with Crippen LogP contribution in [0.5, 0.6) is 0 Å². The number of anilines is 1. The molecule has 5 heteroatoms. The summed E-state index contributed by atoms with van der Waals surface area (Å²) in [4.78, 5) is 5.66. The molecule has 0 fully saturated rings. The summed E-state index contributed by atoms with van der Waals surface area (Å²) in [5, 5.41) is 8.64. The summed E-state index contributed by atoms with van der Waals surface area (Å²) < 4.78 is 1.78. The molecule has 2 aromatic heterocycles. The number of thiazole rings is 1. The van der Waals surface area contributed by atoms with Crippen molar-refractivity contribution in [2.45, 2.75) is 20.4 Å². The maximum atomic E-state index is 4.38. The van der Waals surface area contributed by atoms with E-state index in [1.807, 2.05) is 33.2 Å². The predicted octanol–water partition coefficient (Wildman–Crippen LogP) is 2.11. The molecule has 0 spiro atoms. The molecule has 1 N–H and O–H groups in total. The molecule has 15 heavy (non-hydrogen) atoms. The average molecular weight is 222 g/mol. The van der Waals surface area contributed by atoms with Gasteiger partial charge >= 0.3 is 0 Å². The summed E-state index contributed by atoms with van der Waals surface area (Å²) in [6.45, 7) is 4.87. The first kappa shape index (κ1) is 10.2. The van der Waals surface area contributed by atoms with Crippen molar-refractivity contribution >= 4 is 17.2 Å². The molecule has 0 amide bonds. The molecular weight excluding hydrogens is 208 g/mol. The molecule has 2 heterocycles. The number of aryl methyl sites for hydroxylation is 3. The van der Waals surface area contributed by atoms with Gasteiger partial charge in [0.2, 0.25) is 0 Å². The highest BCUT2D eigenvalue weighted by Crippen LogP contribution is 2.18. The van der Waals surface area contributed by atoms with Gasteiger partial charge in [-0.05, 0) is 13.8 Å². The molecular formula is C10H14N4S. The number of aromatic nitrogens is 3. The fourth-order valence-corrected chi connectivity index (χ4v) is 2.29. The molecule has 0 aliphatic rings. The molecule has 0 atom stereocenters. The Kier molecular flexibility index (Phi) is 2.73. The van der Waals surface area contributed by atoms with Crippen LogP contribution >= 0.6 is 11.3 Å². The van der Waals surface area contributed by atoms with Gasteiger partial charge in [-0.1, -0.05) is 0 Å². The normalized spacial score (nSPS) is 10.6. The minimum Gasteiger partial charge on any atom is -0.364 e. The van der Waals surface area contributed by atoms with Crippen LogP contribution < -0.4 is 5.32 Å². The molecule has 0 saturated carbocycles. The van der Waals surface area contributed by atoms with Gasteiger partial charge in [0.1, 0.15) is 5.82 Å². The fourth-order valence-electron chi connectivity index (χ4n) is 1.42. The molecule has 0 saturated heterocycles. The summed E-state index contributed by atoms with van der Waals surface area (Å²) in [7, 11) is 1.91. The molecule has 0 radical (unpaired) electrons. The molecule has 80 valence electrons. The van der Waals surface area contributed by atoms with E-state index in [2.05, 4.69) is 15.4 Å². The summed E-state index contributed by atoms with van der Waals surface area (Å²) in [6.07, 6.45) is 1.92. The fraction of sp³-hybridized carbons (Fsp3) is 0.400. The minimum atomic E-state index is 0.800. The molecule has 0 aliphatic carbocycles. The second-order valence-electron chi connectivity index (χ2n) is 3.47. The zero-order valence-electron chi connectivity index (χ0n) is 9.11. The van der Waals surface area contributed by atoms with Crippen molar-refractivity contribution in [3.8, 4) is 0 Å². The Balaban J connectivity index is 2.01. The van der Waals surface area contributed by atoms with Crippen molar-refractivity contribution in [3.63, 3.8) is 0 Å². The molecule has 0 aliphatic heterocycles. The molecule has 0 aromatic carbocycles. The Morgan fingerprint density at radius 2 is 2.27 bits per heavy atom. The van der Waals surface area contributed by atoms with Crippen molar-refractivity contribution in [2.75, 3.05) is 5.32 Å². The van der Waals surface area contributed by atoms with E-state index < -0.39 is 0 Å². The first-order chi connectivity index (χ1) is 7.15. The Hall–Kier alpha value is -1.36. The second kappa shape index (κ2) is 4.02. The molecule has 2 rings (SSSR count). The van der Waals surface area contributed by atoms with E-state index in [1.54, 1.807) is 16.0 Å². The van der Waals surface area contributed by atoms with Gasteiger partial charge in [-0.15, -0.1) is 11.3 Å². The largest absolute Gasteiger partial charge is 0.364 e. The highest BCUT2D eigenvalue weighted by Gasteiger charge is 2.04. The Labute approximate surface area is 93.0 Å². The third kappa shape index (κ3) is 2.36. The Bertz CT molecular complexity index is 458. The van der Waals surface area contributed by atoms with Gasteiger partial charge in [0.05, 0.1) is 17.2 Å². The smallest absolute Gasteiger partial charge is 0.148 e. The van der Waals surface area contributed by atoms with Gasteiger partial charge in [-0.3, -0.25) is 4.68 Å². The standard InChI is InChI=1S/C10H14N4S/c1-7-9(15-8(2)12-7)6-11-10-4-5-14(3)13-10/h4-5H,6H2,1-3H3,(H,11,13). The van der Waals surface area contributed by atoms with Crippen molar-refractivity contribution in [2.24, 2.45) is 7.05 Å². The van der Waals surface area contributed by atoms with Gasteiger partial charge in [0.25, 0.3) is 0 Å². The lowest BCUT2D eigenvalue weighted by molar-refractivity contribution is 0.768. The van der Waals surface area contributed by atoms with E-state index in [0.29, 0.717) is 0 Å². The van der Waals surface area contributed by atoms with Crippen molar-refractivity contribution in [1.82, 2.24) is 14.8 Å². The van der Waals surface area contributed by atoms with Crippen LogP contribution in [0, 0.1) is 13.8 Å². The highest BCUT2D eigenvalue weighted by molar-refractivity contribution is 7.11. The molecule has 0 bridgehead atoms. The summed E-state index contributed by atoms with van der Waals surface area (Å²) in [5.41, 5.74) is 1.11. The van der Waals surface area contributed by atoms with Gasteiger partial charge in [-0.25, -0.2) is 4.98 Å². The van der Waals surface area contributed by atoms with E-state index >= 15 is 0 Å². The second-order valence-corrected chi connectivity index (χ2v) is 4.76. The van der Waals surface area contributed by atoms with Crippen LogP contribution in [0.3, 0.4) is 0 Å². The van der Waals surface area contributed by atoms with E-state index in [1.165, 1.54) is 4.88 Å². The molecule has 0 unspecified atom stereocenters. The van der Waals surface area contributed by atoms with E-state index in [0.717, 1.165) is 23.1 Å². The predicted molar refractivity (Wildman–Crippen MR) is 62.1 cm³/mol. The topological polar surface area (TPSA) is 42.7 Å². The lowest BCUT2D eigenvalue weighted by Crippen LogP contribution is -2.00. The van der Waals surface area contributed by atoms with E-state index in [9.17, 15) is 0 Å². The summed E-state index contributed by atoms with van der Waals surface area (Å²) in [6, 6.07) is 1.96. The van der Waals surface area contributed by atoms with Gasteiger partial charge < -0.3 is 5.32 Å². The highest BCUT2D eigenvalue weighted by atomic mass is 32.1. The van der Waals surface area contributed by atoms with Crippen LogP contribution in [-0.4, -0.2) is 14.8 Å². The monoisotopic (exact) mass is 222 g/mol. The SMILES string of the molecule is Cc1nc(C)c(CNc2ccn(C)n2)s1. The zero-order valence-corrected chi connectivity index (χ0v) is 9.93. The van der Waals surface area contributed by atoms with Crippen LogP contribution in [0.2, 0.25) is 0 Å². The van der Waals surface area contributed by atoms with Crippen molar-refractivity contribution < 1.29 is 0 Å². The van der Waals surface area contributed by atoms with Gasteiger partial charge in [0, 0.05) is 24.2 Å². The Morgan fingerprint density at radius 1 is 1.47 bits per heavy atom. The molecule has 2 aromatic rings. The third-order valence-electron chi connectivity index (χ3n) is 2.14. The minimum absolute atomic E-state index is 0.800.